The van der Waals surface area contributed by atoms with Crippen LogP contribution in [0.15, 0.2) is 54.7 Å². The lowest BCUT2D eigenvalue weighted by Crippen LogP contribution is -1.96. The average Bonchev–Trinajstić information content (AvgIpc) is 2.77. The molecule has 3 rings (SSSR count). The van der Waals surface area contributed by atoms with Gasteiger partial charge >= 0.3 is 0 Å². The minimum atomic E-state index is 0.587. The van der Waals surface area contributed by atoms with Crippen molar-refractivity contribution in [2.24, 2.45) is 0 Å². The summed E-state index contributed by atoms with van der Waals surface area (Å²) in [7, 11) is 0. The van der Waals surface area contributed by atoms with Crippen LogP contribution in [0.1, 0.15) is 11.3 Å². The molecular weight excluding hydrogens is 224 g/mol. The summed E-state index contributed by atoms with van der Waals surface area (Å²) in [6.07, 6.45) is 1.92. The van der Waals surface area contributed by atoms with E-state index in [0.717, 1.165) is 17.0 Å². The fourth-order valence-corrected chi connectivity index (χ4v) is 1.93. The predicted molar refractivity (Wildman–Crippen MR) is 70.7 cm³/mol. The van der Waals surface area contributed by atoms with E-state index in [9.17, 15) is 0 Å². The second kappa shape index (κ2) is 4.53. The van der Waals surface area contributed by atoms with Crippen molar-refractivity contribution in [3.05, 3.63) is 66.0 Å². The number of hydrogen-bond acceptors (Lipinski definition) is 2. The zero-order valence-corrected chi connectivity index (χ0v) is 10.2. The summed E-state index contributed by atoms with van der Waals surface area (Å²) >= 11 is 0. The first-order chi connectivity index (χ1) is 8.81. The largest absolute Gasteiger partial charge is 0.489 e. The second-order valence-electron chi connectivity index (χ2n) is 4.29. The van der Waals surface area contributed by atoms with Gasteiger partial charge < -0.3 is 4.74 Å². The summed E-state index contributed by atoms with van der Waals surface area (Å²) in [5.41, 5.74) is 3.23. The van der Waals surface area contributed by atoms with Crippen molar-refractivity contribution in [3.8, 4) is 5.75 Å². The van der Waals surface area contributed by atoms with Crippen molar-refractivity contribution in [2.75, 3.05) is 0 Å². The molecule has 0 spiro atoms. The summed E-state index contributed by atoms with van der Waals surface area (Å²) in [4.78, 5) is 0. The molecule has 0 bridgehead atoms. The fourth-order valence-electron chi connectivity index (χ4n) is 1.93. The Kier molecular flexibility index (Phi) is 2.73. The first-order valence-corrected chi connectivity index (χ1v) is 5.94. The quantitative estimate of drug-likeness (QED) is 0.700. The van der Waals surface area contributed by atoms with Crippen LogP contribution in [-0.4, -0.2) is 9.61 Å². The first-order valence-electron chi connectivity index (χ1n) is 5.94. The van der Waals surface area contributed by atoms with Gasteiger partial charge in [-0.2, -0.15) is 5.10 Å². The molecule has 0 saturated heterocycles. The summed E-state index contributed by atoms with van der Waals surface area (Å²) in [6.45, 7) is 2.57. The highest BCUT2D eigenvalue weighted by Gasteiger charge is 2.00. The lowest BCUT2D eigenvalue weighted by molar-refractivity contribution is 0.306. The second-order valence-corrected chi connectivity index (χ2v) is 4.29. The molecule has 0 saturated carbocycles. The topological polar surface area (TPSA) is 26.5 Å². The van der Waals surface area contributed by atoms with Crippen LogP contribution in [0.2, 0.25) is 0 Å². The molecule has 0 amide bonds. The van der Waals surface area contributed by atoms with Crippen molar-refractivity contribution in [2.45, 2.75) is 13.5 Å². The molecule has 0 aliphatic rings. The van der Waals surface area contributed by atoms with Crippen LogP contribution in [0.3, 0.4) is 0 Å². The third kappa shape index (κ3) is 2.20. The van der Waals surface area contributed by atoms with E-state index in [2.05, 4.69) is 17.2 Å². The zero-order chi connectivity index (χ0) is 12.4. The van der Waals surface area contributed by atoms with Crippen LogP contribution in [0.5, 0.6) is 5.75 Å². The number of fused-ring (bicyclic) bond motifs is 1. The van der Waals surface area contributed by atoms with E-state index in [1.54, 1.807) is 0 Å². The fraction of sp³-hybridized carbons (Fsp3) is 0.133. The molecule has 0 aliphatic heterocycles. The van der Waals surface area contributed by atoms with Gasteiger partial charge in [0.05, 0.1) is 11.2 Å². The minimum Gasteiger partial charge on any atom is -0.489 e. The normalized spacial score (nSPS) is 10.7. The number of aromatic nitrogens is 2. The van der Waals surface area contributed by atoms with Gasteiger partial charge in [-0.3, -0.25) is 0 Å². The van der Waals surface area contributed by atoms with Gasteiger partial charge in [0.25, 0.3) is 0 Å². The van der Waals surface area contributed by atoms with E-state index in [0.29, 0.717) is 6.61 Å². The Morgan fingerprint density at radius 2 is 1.94 bits per heavy atom. The highest BCUT2D eigenvalue weighted by molar-refractivity contribution is 5.51. The van der Waals surface area contributed by atoms with Crippen LogP contribution in [0.4, 0.5) is 0 Å². The Balaban J connectivity index is 1.78. The number of rotatable bonds is 3. The molecule has 90 valence electrons. The Bertz CT molecular complexity index is 659. The lowest BCUT2D eigenvalue weighted by atomic mass is 10.2. The van der Waals surface area contributed by atoms with Gasteiger partial charge in [-0.15, -0.1) is 0 Å². The molecule has 2 heterocycles. The average molecular weight is 238 g/mol. The van der Waals surface area contributed by atoms with E-state index in [1.165, 1.54) is 5.56 Å². The van der Waals surface area contributed by atoms with Crippen molar-refractivity contribution >= 4 is 5.52 Å². The van der Waals surface area contributed by atoms with Crippen LogP contribution >= 0.6 is 0 Å². The molecule has 2 aromatic heterocycles. The molecule has 3 heteroatoms. The Hall–Kier alpha value is -2.29. The lowest BCUT2D eigenvalue weighted by Gasteiger charge is -2.06. The third-order valence-electron chi connectivity index (χ3n) is 2.81. The van der Waals surface area contributed by atoms with Gasteiger partial charge in [0.1, 0.15) is 12.4 Å². The highest BCUT2D eigenvalue weighted by Crippen LogP contribution is 2.16. The monoisotopic (exact) mass is 238 g/mol. The van der Waals surface area contributed by atoms with Crippen LogP contribution in [0.25, 0.3) is 5.52 Å². The predicted octanol–water partition coefficient (Wildman–Crippen LogP) is 3.22. The van der Waals surface area contributed by atoms with Crippen LogP contribution < -0.4 is 4.74 Å². The van der Waals surface area contributed by atoms with E-state index in [4.69, 9.17) is 4.74 Å². The summed E-state index contributed by atoms with van der Waals surface area (Å²) in [5, 5.41) is 4.33. The Morgan fingerprint density at radius 1 is 1.11 bits per heavy atom. The maximum atomic E-state index is 5.77. The van der Waals surface area contributed by atoms with Crippen molar-refractivity contribution < 1.29 is 4.74 Å². The van der Waals surface area contributed by atoms with Gasteiger partial charge in [-0.05, 0) is 24.6 Å². The molecule has 3 nitrogen and oxygen atoms in total. The molecule has 0 unspecified atom stereocenters. The molecule has 0 N–H and O–H groups in total. The summed E-state index contributed by atoms with van der Waals surface area (Å²) in [5.74, 6) is 0.867. The van der Waals surface area contributed by atoms with Crippen molar-refractivity contribution in [1.82, 2.24) is 9.61 Å². The SMILES string of the molecule is Cc1cc2cc(OCc3ccccc3)ccn2n1. The van der Waals surface area contributed by atoms with E-state index < -0.39 is 0 Å². The number of pyridine rings is 1. The zero-order valence-electron chi connectivity index (χ0n) is 10.2. The van der Waals surface area contributed by atoms with Crippen molar-refractivity contribution in [3.63, 3.8) is 0 Å². The van der Waals surface area contributed by atoms with Gasteiger partial charge in [0, 0.05) is 12.3 Å². The van der Waals surface area contributed by atoms with E-state index in [1.807, 2.05) is 54.0 Å². The third-order valence-corrected chi connectivity index (χ3v) is 2.81. The standard InChI is InChI=1S/C15H14N2O/c1-12-9-14-10-15(7-8-17(14)16-12)18-11-13-5-3-2-4-6-13/h2-10H,11H2,1H3. The molecule has 1 aromatic carbocycles. The summed E-state index contributed by atoms with van der Waals surface area (Å²) in [6, 6.07) is 16.1. The number of hydrogen-bond donors (Lipinski definition) is 0. The van der Waals surface area contributed by atoms with Crippen LogP contribution in [-0.2, 0) is 6.61 Å². The minimum absolute atomic E-state index is 0.587. The number of ether oxygens (including phenoxy) is 1. The maximum absolute atomic E-state index is 5.77. The number of nitrogens with zero attached hydrogens (tertiary/aromatic N) is 2. The summed E-state index contributed by atoms with van der Waals surface area (Å²) < 4.78 is 7.62. The van der Waals surface area contributed by atoms with E-state index in [-0.39, 0.29) is 0 Å². The van der Waals surface area contributed by atoms with Crippen molar-refractivity contribution in [1.29, 1.82) is 0 Å². The Labute approximate surface area is 106 Å². The molecule has 0 atom stereocenters. The molecule has 0 radical (unpaired) electrons. The number of aryl methyl sites for hydroxylation is 1. The Morgan fingerprint density at radius 3 is 2.78 bits per heavy atom. The number of benzene rings is 1. The molecule has 3 aromatic rings. The van der Waals surface area contributed by atoms with Gasteiger partial charge in [-0.1, -0.05) is 30.3 Å². The smallest absolute Gasteiger partial charge is 0.123 e. The molecule has 18 heavy (non-hydrogen) atoms. The highest BCUT2D eigenvalue weighted by atomic mass is 16.5. The molecule has 0 fully saturated rings. The molecular formula is C15H14N2O. The van der Waals surface area contributed by atoms with Gasteiger partial charge in [-0.25, -0.2) is 4.52 Å². The van der Waals surface area contributed by atoms with Gasteiger partial charge in [0.15, 0.2) is 0 Å². The molecule has 0 aliphatic carbocycles. The first kappa shape index (κ1) is 10.8. The maximum Gasteiger partial charge on any atom is 0.123 e. The van der Waals surface area contributed by atoms with Gasteiger partial charge in [0.2, 0.25) is 0 Å². The van der Waals surface area contributed by atoms with Crippen LogP contribution in [0, 0.1) is 6.92 Å². The van der Waals surface area contributed by atoms with E-state index >= 15 is 0 Å².